The van der Waals surface area contributed by atoms with Gasteiger partial charge in [0.25, 0.3) is 11.8 Å². The summed E-state index contributed by atoms with van der Waals surface area (Å²) in [5.41, 5.74) is 2.92. The molecular formula is C34H31FN6O3S2. The summed E-state index contributed by atoms with van der Waals surface area (Å²) in [6.45, 7) is 0.570. The number of thiophene rings is 1. The minimum atomic E-state index is -0.597. The van der Waals surface area contributed by atoms with Gasteiger partial charge in [-0.05, 0) is 53.3 Å². The molecule has 1 aliphatic heterocycles. The highest BCUT2D eigenvalue weighted by atomic mass is 32.2. The molecule has 3 heterocycles. The number of ether oxygens (including phenoxy) is 1. The molecule has 3 aromatic carbocycles. The number of hydrogen-bond donors (Lipinski definition) is 1. The number of benzene rings is 3. The predicted molar refractivity (Wildman–Crippen MR) is 177 cm³/mol. The molecule has 1 N–H and O–H groups in total. The maximum atomic E-state index is 14.2. The van der Waals surface area contributed by atoms with Gasteiger partial charge in [0.05, 0.1) is 41.6 Å². The molecule has 234 valence electrons. The van der Waals surface area contributed by atoms with Gasteiger partial charge in [-0.15, -0.1) is 21.5 Å². The molecule has 0 bridgehead atoms. The number of rotatable bonds is 12. The highest BCUT2D eigenvalue weighted by Gasteiger charge is 2.33. The molecule has 0 radical (unpaired) electrons. The third-order valence-corrected chi connectivity index (χ3v) is 9.45. The van der Waals surface area contributed by atoms with Crippen LogP contribution in [0.5, 0.6) is 5.75 Å². The van der Waals surface area contributed by atoms with E-state index in [-0.39, 0.29) is 29.8 Å². The van der Waals surface area contributed by atoms with Crippen molar-refractivity contribution in [1.82, 2.24) is 25.1 Å². The van der Waals surface area contributed by atoms with E-state index in [1.165, 1.54) is 30.0 Å². The van der Waals surface area contributed by atoms with Gasteiger partial charge in [-0.2, -0.15) is 5.10 Å². The molecule has 6 rings (SSSR count). The van der Waals surface area contributed by atoms with Crippen molar-refractivity contribution < 1.29 is 18.7 Å². The highest BCUT2D eigenvalue weighted by Crippen LogP contribution is 2.35. The van der Waals surface area contributed by atoms with Crippen LogP contribution in [0.1, 0.15) is 44.6 Å². The molecule has 1 atom stereocenters. The van der Waals surface area contributed by atoms with Gasteiger partial charge in [0.15, 0.2) is 11.0 Å². The van der Waals surface area contributed by atoms with Crippen LogP contribution in [-0.4, -0.2) is 50.2 Å². The van der Waals surface area contributed by atoms with Gasteiger partial charge in [-0.25, -0.2) is 9.40 Å². The zero-order valence-electron chi connectivity index (χ0n) is 25.0. The number of aryl methyl sites for hydroxylation is 1. The second-order valence-electron chi connectivity index (χ2n) is 10.5. The lowest BCUT2D eigenvalue weighted by molar-refractivity contribution is -0.130. The monoisotopic (exact) mass is 654 g/mol. The topological polar surface area (TPSA) is 102 Å². The quantitative estimate of drug-likeness (QED) is 0.163. The number of aromatic nitrogens is 3. The van der Waals surface area contributed by atoms with E-state index >= 15 is 0 Å². The summed E-state index contributed by atoms with van der Waals surface area (Å²) in [5, 5.41) is 20.4. The Morgan fingerprint density at radius 1 is 1.00 bits per heavy atom. The molecule has 0 fully saturated rings. The average Bonchev–Trinajstić information content (AvgIpc) is 3.86. The number of nitrogens with zero attached hydrogens (tertiary/aromatic N) is 5. The Kier molecular flexibility index (Phi) is 9.85. The Balaban J connectivity index is 1.20. The molecule has 0 saturated carbocycles. The molecule has 0 saturated heterocycles. The molecule has 0 unspecified atom stereocenters. The summed E-state index contributed by atoms with van der Waals surface area (Å²) in [6.07, 6.45) is 1.29. The second kappa shape index (κ2) is 14.5. The van der Waals surface area contributed by atoms with E-state index in [0.29, 0.717) is 30.4 Å². The number of hydrogen-bond acceptors (Lipinski definition) is 8. The second-order valence-corrected chi connectivity index (χ2v) is 12.4. The van der Waals surface area contributed by atoms with Crippen molar-refractivity contribution in [3.63, 3.8) is 0 Å². The van der Waals surface area contributed by atoms with Crippen LogP contribution >= 0.6 is 23.1 Å². The van der Waals surface area contributed by atoms with Crippen LogP contribution in [-0.2, 0) is 24.3 Å². The Morgan fingerprint density at radius 2 is 1.78 bits per heavy atom. The standard InChI is InChI=1S/C34H31FN6O3S2/c1-44-25-15-13-24(14-16-25)29-20-28(30-12-7-19-45-30)39-41(29)32(42)22-46-34-38-37-31(40(34)18-17-23-8-3-2-4-9-23)21-36-33(43)26-10-5-6-11-27(26)35/h2-16,19,29H,17-18,20-22H2,1H3,(H,36,43)/t29-/m0/s1. The lowest BCUT2D eigenvalue weighted by Crippen LogP contribution is -2.28. The Bertz CT molecular complexity index is 1830. The fourth-order valence-electron chi connectivity index (χ4n) is 5.18. The fraction of sp³-hybridized carbons (Fsp3) is 0.206. The molecule has 5 aromatic rings. The van der Waals surface area contributed by atoms with Crippen LogP contribution in [0.15, 0.2) is 107 Å². The predicted octanol–water partition coefficient (Wildman–Crippen LogP) is 6.13. The van der Waals surface area contributed by atoms with E-state index in [1.54, 1.807) is 29.5 Å². The summed E-state index contributed by atoms with van der Waals surface area (Å²) in [6, 6.07) is 27.3. The van der Waals surface area contributed by atoms with Crippen LogP contribution < -0.4 is 10.1 Å². The van der Waals surface area contributed by atoms with Crippen LogP contribution in [0.3, 0.4) is 0 Å². The van der Waals surface area contributed by atoms with Crippen LogP contribution in [0.2, 0.25) is 0 Å². The Hall–Kier alpha value is -4.81. The Labute approximate surface area is 274 Å². The number of carbonyl (C=O) groups excluding carboxylic acids is 2. The highest BCUT2D eigenvalue weighted by molar-refractivity contribution is 7.99. The molecule has 0 aliphatic carbocycles. The molecule has 0 spiro atoms. The van der Waals surface area contributed by atoms with Gasteiger partial charge in [0, 0.05) is 13.0 Å². The third-order valence-electron chi connectivity index (χ3n) is 7.58. The van der Waals surface area contributed by atoms with Gasteiger partial charge in [0.1, 0.15) is 11.6 Å². The zero-order valence-corrected chi connectivity index (χ0v) is 26.6. The van der Waals surface area contributed by atoms with Crippen molar-refractivity contribution in [3.8, 4) is 5.75 Å². The van der Waals surface area contributed by atoms with E-state index in [2.05, 4.69) is 15.5 Å². The number of nitrogens with one attached hydrogen (secondary N) is 1. The summed E-state index contributed by atoms with van der Waals surface area (Å²) in [5.74, 6) is 0.0255. The number of amides is 2. The molecule has 12 heteroatoms. The van der Waals surface area contributed by atoms with Crippen molar-refractivity contribution in [1.29, 1.82) is 0 Å². The molecule has 46 heavy (non-hydrogen) atoms. The maximum absolute atomic E-state index is 14.2. The SMILES string of the molecule is COc1ccc([C@@H]2CC(c3cccs3)=NN2C(=O)CSc2nnc(CNC(=O)c3ccccc3F)n2CCc2ccccc2)cc1. The van der Waals surface area contributed by atoms with E-state index in [1.807, 2.05) is 76.7 Å². The molecular weight excluding hydrogens is 624 g/mol. The first-order valence-electron chi connectivity index (χ1n) is 14.7. The zero-order chi connectivity index (χ0) is 31.9. The minimum absolute atomic E-state index is 0.0439. The molecule has 2 aromatic heterocycles. The number of methoxy groups -OCH3 is 1. The van der Waals surface area contributed by atoms with E-state index < -0.39 is 11.7 Å². The minimum Gasteiger partial charge on any atom is -0.497 e. The van der Waals surface area contributed by atoms with Crippen molar-refractivity contribution >= 4 is 40.6 Å². The van der Waals surface area contributed by atoms with Gasteiger partial charge < -0.3 is 14.6 Å². The molecule has 2 amide bonds. The summed E-state index contributed by atoms with van der Waals surface area (Å²) < 4.78 is 21.4. The smallest absolute Gasteiger partial charge is 0.254 e. The number of hydrazone groups is 1. The van der Waals surface area contributed by atoms with Gasteiger partial charge in [0.2, 0.25) is 0 Å². The largest absolute Gasteiger partial charge is 0.497 e. The Morgan fingerprint density at radius 3 is 2.52 bits per heavy atom. The number of thioether (sulfide) groups is 1. The first-order chi connectivity index (χ1) is 22.5. The van der Waals surface area contributed by atoms with Crippen molar-refractivity contribution in [2.75, 3.05) is 12.9 Å². The van der Waals surface area contributed by atoms with Crippen molar-refractivity contribution in [3.05, 3.63) is 130 Å². The summed E-state index contributed by atoms with van der Waals surface area (Å²) in [4.78, 5) is 27.5. The lowest BCUT2D eigenvalue weighted by atomic mass is 10.0. The first-order valence-corrected chi connectivity index (χ1v) is 16.6. The fourth-order valence-corrected chi connectivity index (χ4v) is 6.73. The normalized spacial score (nSPS) is 14.3. The van der Waals surface area contributed by atoms with Crippen LogP contribution in [0.25, 0.3) is 0 Å². The maximum Gasteiger partial charge on any atom is 0.254 e. The first kappa shape index (κ1) is 31.2. The van der Waals surface area contributed by atoms with Crippen molar-refractivity contribution in [2.24, 2.45) is 5.10 Å². The van der Waals surface area contributed by atoms with E-state index in [0.717, 1.165) is 27.5 Å². The van der Waals surface area contributed by atoms with Gasteiger partial charge in [-0.1, -0.05) is 72.4 Å². The van der Waals surface area contributed by atoms with Crippen molar-refractivity contribution in [2.45, 2.75) is 37.1 Å². The number of carbonyl (C=O) groups is 2. The average molecular weight is 655 g/mol. The molecule has 9 nitrogen and oxygen atoms in total. The lowest BCUT2D eigenvalue weighted by Gasteiger charge is -2.22. The van der Waals surface area contributed by atoms with Crippen LogP contribution in [0, 0.1) is 5.82 Å². The summed E-state index contributed by atoms with van der Waals surface area (Å²) >= 11 is 2.87. The van der Waals surface area contributed by atoms with Gasteiger partial charge >= 0.3 is 0 Å². The molecule has 1 aliphatic rings. The van der Waals surface area contributed by atoms with E-state index in [4.69, 9.17) is 9.84 Å². The van der Waals surface area contributed by atoms with Gasteiger partial charge in [-0.3, -0.25) is 9.59 Å². The van der Waals surface area contributed by atoms with E-state index in [9.17, 15) is 14.0 Å². The summed E-state index contributed by atoms with van der Waals surface area (Å²) in [7, 11) is 1.62. The third kappa shape index (κ3) is 7.19. The van der Waals surface area contributed by atoms with Crippen LogP contribution in [0.4, 0.5) is 4.39 Å². The number of halogens is 1.